The molecule has 7 aromatic carbocycles. The van der Waals surface area contributed by atoms with Gasteiger partial charge in [-0.05, 0) is 110 Å². The van der Waals surface area contributed by atoms with E-state index in [1.165, 1.54) is 77.9 Å². The molecular weight excluding hydrogens is 651 g/mol. The summed E-state index contributed by atoms with van der Waals surface area (Å²) in [6.45, 7) is 11.0. The Bertz CT molecular complexity index is 2660. The Hall–Kier alpha value is -6.44. The molecule has 0 N–H and O–H groups in total. The van der Waals surface area contributed by atoms with Crippen molar-refractivity contribution < 1.29 is 0 Å². The molecule has 258 valence electrons. The van der Waals surface area contributed by atoms with E-state index in [2.05, 4.69) is 208 Å². The van der Waals surface area contributed by atoms with Gasteiger partial charge >= 0.3 is 0 Å². The molecule has 1 spiro atoms. The molecule has 0 heterocycles. The first kappa shape index (κ1) is 32.2. The van der Waals surface area contributed by atoms with Gasteiger partial charge in [-0.2, -0.15) is 0 Å². The quantitative estimate of drug-likeness (QED) is 0.168. The number of benzene rings is 7. The van der Waals surface area contributed by atoms with Crippen LogP contribution in [0.4, 0.5) is 17.1 Å². The first-order chi connectivity index (χ1) is 26.5. The number of fused-ring (bicyclic) bond motifs is 11. The van der Waals surface area contributed by atoms with Crippen molar-refractivity contribution in [3.63, 3.8) is 0 Å². The van der Waals surface area contributed by atoms with Crippen molar-refractivity contribution in [1.29, 1.82) is 0 Å². The lowest BCUT2D eigenvalue weighted by Crippen LogP contribution is -2.26. The minimum Gasteiger partial charge on any atom is -0.310 e. The van der Waals surface area contributed by atoms with Gasteiger partial charge in [0.2, 0.25) is 0 Å². The normalized spacial score (nSPS) is 15.2. The molecule has 1 nitrogen and oxygen atoms in total. The maximum Gasteiger partial charge on any atom is 0.0726 e. The number of hydrogen-bond donors (Lipinski definition) is 0. The molecule has 3 aliphatic rings. The molecule has 0 saturated carbocycles. The van der Waals surface area contributed by atoms with Gasteiger partial charge in [-0.25, -0.2) is 0 Å². The zero-order valence-electron chi connectivity index (χ0n) is 31.0. The summed E-state index contributed by atoms with van der Waals surface area (Å²) in [5, 5.41) is 0. The lowest BCUT2D eigenvalue weighted by Gasteiger charge is -2.33. The van der Waals surface area contributed by atoms with Crippen molar-refractivity contribution in [3.05, 3.63) is 228 Å². The Balaban J connectivity index is 1.26. The molecule has 54 heavy (non-hydrogen) atoms. The van der Waals surface area contributed by atoms with Crippen molar-refractivity contribution in [3.8, 4) is 33.4 Å². The Morgan fingerprint density at radius 1 is 0.481 bits per heavy atom. The zero-order valence-corrected chi connectivity index (χ0v) is 31.0. The van der Waals surface area contributed by atoms with Gasteiger partial charge in [-0.3, -0.25) is 0 Å². The lowest BCUT2D eigenvalue weighted by molar-refractivity contribution is 0.654. The van der Waals surface area contributed by atoms with Gasteiger partial charge in [0.1, 0.15) is 0 Å². The van der Waals surface area contributed by atoms with Crippen LogP contribution in [0.15, 0.2) is 194 Å². The van der Waals surface area contributed by atoms with Crippen LogP contribution < -0.4 is 4.90 Å². The molecule has 0 aromatic heterocycles. The summed E-state index contributed by atoms with van der Waals surface area (Å²) in [6.07, 6.45) is 6.43. The minimum absolute atomic E-state index is 0.188. The average Bonchev–Trinajstić information content (AvgIpc) is 3.77. The number of rotatable bonds is 6. The Labute approximate surface area is 318 Å². The third-order valence-corrected chi connectivity index (χ3v) is 12.2. The molecule has 0 amide bonds. The monoisotopic (exact) mass is 691 g/mol. The summed E-state index contributed by atoms with van der Waals surface area (Å²) in [5.74, 6) is 0. The average molecular weight is 692 g/mol. The Kier molecular flexibility index (Phi) is 7.19. The fourth-order valence-corrected chi connectivity index (χ4v) is 9.91. The van der Waals surface area contributed by atoms with Gasteiger partial charge in [0.15, 0.2) is 0 Å². The largest absolute Gasteiger partial charge is 0.310 e. The third-order valence-electron chi connectivity index (χ3n) is 12.2. The second-order valence-electron chi connectivity index (χ2n) is 15.2. The maximum atomic E-state index is 4.25. The van der Waals surface area contributed by atoms with Crippen LogP contribution in [0.2, 0.25) is 0 Å². The zero-order chi connectivity index (χ0) is 36.6. The highest BCUT2D eigenvalue weighted by Crippen LogP contribution is 2.63. The molecule has 10 rings (SSSR count). The van der Waals surface area contributed by atoms with E-state index in [9.17, 15) is 0 Å². The van der Waals surface area contributed by atoms with Gasteiger partial charge in [-0.15, -0.1) is 0 Å². The molecular formula is C53H41N. The number of allylic oxidation sites excluding steroid dienone is 5. The first-order valence-electron chi connectivity index (χ1n) is 19.0. The van der Waals surface area contributed by atoms with E-state index in [-0.39, 0.29) is 5.41 Å². The predicted molar refractivity (Wildman–Crippen MR) is 228 cm³/mol. The molecule has 0 atom stereocenters. The highest BCUT2D eigenvalue weighted by molar-refractivity contribution is 5.97. The van der Waals surface area contributed by atoms with Gasteiger partial charge in [0.25, 0.3) is 0 Å². The Morgan fingerprint density at radius 2 is 0.963 bits per heavy atom. The minimum atomic E-state index is -0.427. The van der Waals surface area contributed by atoms with E-state index in [1.807, 2.05) is 6.08 Å². The number of para-hydroxylation sites is 1. The summed E-state index contributed by atoms with van der Waals surface area (Å²) < 4.78 is 0. The van der Waals surface area contributed by atoms with Gasteiger partial charge < -0.3 is 4.90 Å². The molecule has 0 fully saturated rings. The molecule has 1 heteroatoms. The topological polar surface area (TPSA) is 3.24 Å². The highest BCUT2D eigenvalue weighted by Gasteiger charge is 2.51. The molecule has 0 radical (unpaired) electrons. The molecule has 0 aliphatic heterocycles. The molecule has 0 unspecified atom stereocenters. The number of anilines is 3. The third kappa shape index (κ3) is 4.33. The van der Waals surface area contributed by atoms with E-state index in [0.717, 1.165) is 17.1 Å². The van der Waals surface area contributed by atoms with Crippen molar-refractivity contribution in [2.75, 3.05) is 4.90 Å². The molecule has 3 aliphatic carbocycles. The fourth-order valence-electron chi connectivity index (χ4n) is 9.91. The standard InChI is InChI=1S/C53H41N/c1-5-18-45-38(6-2)43-31-29-36(33-49(43)52(45,3)4)54(51-28-17-13-21-39(51)35-19-8-7-9-20-35)37-30-32-44-42-24-12-16-27-48(42)53(50(44)34-37)46-25-14-10-22-40(46)41-23-11-15-26-47(41)53/h5-34H,2H2,1,3-4H3/b18-5-. The van der Waals surface area contributed by atoms with Crippen molar-refractivity contribution in [2.24, 2.45) is 0 Å². The second kappa shape index (κ2) is 12.0. The summed E-state index contributed by atoms with van der Waals surface area (Å²) in [5.41, 5.74) is 20.9. The number of nitrogens with zero attached hydrogens (tertiary/aromatic N) is 1. The summed E-state index contributed by atoms with van der Waals surface area (Å²) in [7, 11) is 0. The fraction of sp³-hybridized carbons (Fsp3) is 0.0943. The SMILES string of the molecule is C=CC1=C(/C=C\C)C(C)(C)c2cc(N(c3ccc4c(c3)C3(c5ccccc5-c5ccccc53)c3ccccc3-4)c3ccccc3-c3ccccc3)ccc21. The molecule has 0 bridgehead atoms. The van der Waals surface area contributed by atoms with Crippen LogP contribution in [0.5, 0.6) is 0 Å². The van der Waals surface area contributed by atoms with Crippen LogP contribution in [0.1, 0.15) is 54.2 Å². The van der Waals surface area contributed by atoms with Crippen LogP contribution in [0, 0.1) is 0 Å². The van der Waals surface area contributed by atoms with E-state index >= 15 is 0 Å². The molecule has 7 aromatic rings. The Morgan fingerprint density at radius 3 is 1.54 bits per heavy atom. The maximum absolute atomic E-state index is 4.25. The van der Waals surface area contributed by atoms with Crippen LogP contribution in [0.25, 0.3) is 39.0 Å². The van der Waals surface area contributed by atoms with Crippen LogP contribution >= 0.6 is 0 Å². The van der Waals surface area contributed by atoms with E-state index in [4.69, 9.17) is 0 Å². The van der Waals surface area contributed by atoms with Crippen molar-refractivity contribution in [2.45, 2.75) is 31.6 Å². The summed E-state index contributed by atoms with van der Waals surface area (Å²) in [4.78, 5) is 2.49. The van der Waals surface area contributed by atoms with Crippen LogP contribution in [0.3, 0.4) is 0 Å². The second-order valence-corrected chi connectivity index (χ2v) is 15.2. The van der Waals surface area contributed by atoms with Crippen LogP contribution in [-0.4, -0.2) is 0 Å². The van der Waals surface area contributed by atoms with E-state index in [1.54, 1.807) is 0 Å². The van der Waals surface area contributed by atoms with Gasteiger partial charge in [0.05, 0.1) is 11.1 Å². The molecule has 0 saturated heterocycles. The first-order valence-corrected chi connectivity index (χ1v) is 19.0. The highest BCUT2D eigenvalue weighted by atomic mass is 15.1. The van der Waals surface area contributed by atoms with Crippen molar-refractivity contribution in [1.82, 2.24) is 0 Å². The number of hydrogen-bond acceptors (Lipinski definition) is 1. The van der Waals surface area contributed by atoms with Crippen LogP contribution in [-0.2, 0) is 10.8 Å². The summed E-state index contributed by atoms with van der Waals surface area (Å²) >= 11 is 0. The summed E-state index contributed by atoms with van der Waals surface area (Å²) in [6, 6.07) is 61.0. The van der Waals surface area contributed by atoms with Gasteiger partial charge in [-0.1, -0.05) is 172 Å². The lowest BCUT2D eigenvalue weighted by atomic mass is 9.70. The van der Waals surface area contributed by atoms with E-state index in [0.29, 0.717) is 0 Å². The van der Waals surface area contributed by atoms with E-state index < -0.39 is 5.41 Å². The van der Waals surface area contributed by atoms with Crippen molar-refractivity contribution >= 4 is 22.6 Å². The predicted octanol–water partition coefficient (Wildman–Crippen LogP) is 14.0. The van der Waals surface area contributed by atoms with Gasteiger partial charge in [0, 0.05) is 22.4 Å². The smallest absolute Gasteiger partial charge is 0.0726 e.